The quantitative estimate of drug-likeness (QED) is 0.530. The van der Waals surface area contributed by atoms with Crippen LogP contribution in [-0.4, -0.2) is 11.9 Å². The number of hydrogen-bond donors (Lipinski definition) is 3. The van der Waals surface area contributed by atoms with Crippen molar-refractivity contribution in [3.63, 3.8) is 0 Å². The van der Waals surface area contributed by atoms with Crippen LogP contribution in [0.5, 0.6) is 0 Å². The molecule has 0 bridgehead atoms. The Bertz CT molecular complexity index is 432. The molecule has 16 heavy (non-hydrogen) atoms. The molecule has 1 amide bonds. The summed E-state index contributed by atoms with van der Waals surface area (Å²) in [7, 11) is 0. The van der Waals surface area contributed by atoms with Gasteiger partial charge >= 0.3 is 0 Å². The maximum absolute atomic E-state index is 11.0. The normalized spacial score (nSPS) is 15.2. The fourth-order valence-electron chi connectivity index (χ4n) is 1.79. The third-order valence-corrected chi connectivity index (χ3v) is 2.71. The van der Waals surface area contributed by atoms with E-state index in [1.165, 1.54) is 0 Å². The summed E-state index contributed by atoms with van der Waals surface area (Å²) in [5.74, 6) is -0.437. The average molecular weight is 217 g/mol. The Labute approximate surface area is 94.3 Å². The van der Waals surface area contributed by atoms with Crippen molar-refractivity contribution >= 4 is 17.3 Å². The molecule has 0 unspecified atom stereocenters. The summed E-state index contributed by atoms with van der Waals surface area (Å²) in [5.41, 5.74) is 12.9. The summed E-state index contributed by atoms with van der Waals surface area (Å²) in [6, 6.07) is 5.40. The van der Waals surface area contributed by atoms with E-state index in [-0.39, 0.29) is 0 Å². The van der Waals surface area contributed by atoms with Crippen molar-refractivity contribution in [2.45, 2.75) is 18.9 Å². The van der Waals surface area contributed by atoms with Gasteiger partial charge in [-0.3, -0.25) is 4.79 Å². The van der Waals surface area contributed by atoms with E-state index in [0.29, 0.717) is 17.3 Å². The van der Waals surface area contributed by atoms with Gasteiger partial charge < -0.3 is 16.8 Å². The Morgan fingerprint density at radius 3 is 2.62 bits per heavy atom. The van der Waals surface area contributed by atoms with E-state index in [0.717, 1.165) is 18.5 Å². The fraction of sp³-hybridized carbons (Fsp3) is 0.250. The minimum absolute atomic E-state index is 0.366. The van der Waals surface area contributed by atoms with Gasteiger partial charge in [0.1, 0.15) is 0 Å². The van der Waals surface area contributed by atoms with Crippen molar-refractivity contribution < 1.29 is 4.79 Å². The zero-order valence-corrected chi connectivity index (χ0v) is 8.94. The van der Waals surface area contributed by atoms with E-state index in [9.17, 15) is 4.79 Å². The molecular weight excluding hydrogens is 202 g/mol. The van der Waals surface area contributed by atoms with Gasteiger partial charge in [0.2, 0.25) is 5.91 Å². The van der Waals surface area contributed by atoms with Gasteiger partial charge in [-0.15, -0.1) is 0 Å². The van der Waals surface area contributed by atoms with Gasteiger partial charge in [-0.2, -0.15) is 0 Å². The standard InChI is InChI=1S/C12H15N3O/c13-10-6-5-8(12(14)16)7-11(10)15-9-3-1-2-4-9/h1-2,5-7,9,15H,3-4,13H2,(H2,14,16). The molecule has 1 aliphatic rings. The molecule has 0 saturated heterocycles. The lowest BCUT2D eigenvalue weighted by molar-refractivity contribution is 0.100. The number of benzene rings is 1. The molecule has 1 aromatic rings. The first-order valence-electron chi connectivity index (χ1n) is 5.27. The fourth-order valence-corrected chi connectivity index (χ4v) is 1.79. The van der Waals surface area contributed by atoms with Gasteiger partial charge in [-0.05, 0) is 31.0 Å². The van der Waals surface area contributed by atoms with E-state index in [2.05, 4.69) is 17.5 Å². The Kier molecular flexibility index (Phi) is 2.81. The molecule has 2 rings (SSSR count). The van der Waals surface area contributed by atoms with Crippen molar-refractivity contribution in [2.75, 3.05) is 11.1 Å². The molecule has 0 spiro atoms. The molecular formula is C12H15N3O. The van der Waals surface area contributed by atoms with Crippen LogP contribution in [0.25, 0.3) is 0 Å². The van der Waals surface area contributed by atoms with Crippen molar-refractivity contribution in [1.82, 2.24) is 0 Å². The summed E-state index contributed by atoms with van der Waals surface area (Å²) < 4.78 is 0. The predicted molar refractivity (Wildman–Crippen MR) is 65.2 cm³/mol. The lowest BCUT2D eigenvalue weighted by Gasteiger charge is -2.16. The molecule has 5 N–H and O–H groups in total. The van der Waals surface area contributed by atoms with Crippen LogP contribution in [0.2, 0.25) is 0 Å². The van der Waals surface area contributed by atoms with Gasteiger partial charge in [0, 0.05) is 11.6 Å². The van der Waals surface area contributed by atoms with Gasteiger partial charge in [0.15, 0.2) is 0 Å². The Morgan fingerprint density at radius 1 is 1.31 bits per heavy atom. The number of primary amides is 1. The maximum Gasteiger partial charge on any atom is 0.248 e. The van der Waals surface area contributed by atoms with E-state index in [4.69, 9.17) is 11.5 Å². The highest BCUT2D eigenvalue weighted by atomic mass is 16.1. The second-order valence-corrected chi connectivity index (χ2v) is 3.95. The smallest absolute Gasteiger partial charge is 0.248 e. The van der Waals surface area contributed by atoms with Crippen molar-refractivity contribution in [3.8, 4) is 0 Å². The average Bonchev–Trinajstić information content (AvgIpc) is 2.73. The molecule has 4 nitrogen and oxygen atoms in total. The molecule has 1 aliphatic carbocycles. The van der Waals surface area contributed by atoms with Crippen LogP contribution in [0.1, 0.15) is 23.2 Å². The third-order valence-electron chi connectivity index (χ3n) is 2.71. The first-order valence-corrected chi connectivity index (χ1v) is 5.27. The number of nitrogens with two attached hydrogens (primary N) is 2. The number of anilines is 2. The molecule has 4 heteroatoms. The number of nitrogen functional groups attached to an aromatic ring is 1. The molecule has 0 aliphatic heterocycles. The number of carbonyl (C=O) groups is 1. The highest BCUT2D eigenvalue weighted by Gasteiger charge is 2.12. The van der Waals surface area contributed by atoms with Gasteiger partial charge in [0.05, 0.1) is 11.4 Å². The molecule has 0 fully saturated rings. The summed E-state index contributed by atoms with van der Waals surface area (Å²) in [5, 5.41) is 3.31. The Morgan fingerprint density at radius 2 is 2.00 bits per heavy atom. The van der Waals surface area contributed by atoms with Crippen molar-refractivity contribution in [3.05, 3.63) is 35.9 Å². The number of nitrogens with one attached hydrogen (secondary N) is 1. The van der Waals surface area contributed by atoms with Crippen LogP contribution >= 0.6 is 0 Å². The summed E-state index contributed by atoms with van der Waals surface area (Å²) >= 11 is 0. The summed E-state index contributed by atoms with van der Waals surface area (Å²) in [6.45, 7) is 0. The van der Waals surface area contributed by atoms with E-state index < -0.39 is 5.91 Å². The molecule has 0 saturated carbocycles. The number of hydrogen-bond acceptors (Lipinski definition) is 3. The lowest BCUT2D eigenvalue weighted by atomic mass is 10.1. The number of amides is 1. The van der Waals surface area contributed by atoms with Crippen LogP contribution in [0.4, 0.5) is 11.4 Å². The van der Waals surface area contributed by atoms with Crippen LogP contribution in [-0.2, 0) is 0 Å². The zero-order chi connectivity index (χ0) is 11.5. The van der Waals surface area contributed by atoms with Crippen molar-refractivity contribution in [2.24, 2.45) is 5.73 Å². The third kappa shape index (κ3) is 2.16. The summed E-state index contributed by atoms with van der Waals surface area (Å²) in [6.07, 6.45) is 6.23. The molecule has 0 aromatic heterocycles. The van der Waals surface area contributed by atoms with Gasteiger partial charge in [-0.25, -0.2) is 0 Å². The van der Waals surface area contributed by atoms with E-state index in [1.54, 1.807) is 18.2 Å². The maximum atomic E-state index is 11.0. The SMILES string of the molecule is NC(=O)c1ccc(N)c(NC2CC=CC2)c1. The van der Waals surface area contributed by atoms with Gasteiger partial charge in [-0.1, -0.05) is 12.2 Å². The number of rotatable bonds is 3. The second-order valence-electron chi connectivity index (χ2n) is 3.95. The summed E-state index contributed by atoms with van der Waals surface area (Å²) in [4.78, 5) is 11.0. The first-order chi connectivity index (χ1) is 7.66. The molecule has 0 atom stereocenters. The van der Waals surface area contributed by atoms with Gasteiger partial charge in [0.25, 0.3) is 0 Å². The molecule has 0 radical (unpaired) electrons. The molecule has 1 aromatic carbocycles. The van der Waals surface area contributed by atoms with E-state index in [1.807, 2.05) is 0 Å². The van der Waals surface area contributed by atoms with Crippen molar-refractivity contribution in [1.29, 1.82) is 0 Å². The zero-order valence-electron chi connectivity index (χ0n) is 8.94. The Hall–Kier alpha value is -1.97. The van der Waals surface area contributed by atoms with Crippen LogP contribution < -0.4 is 16.8 Å². The monoisotopic (exact) mass is 217 g/mol. The Balaban J connectivity index is 2.18. The minimum atomic E-state index is -0.437. The van der Waals surface area contributed by atoms with Crippen LogP contribution in [0.15, 0.2) is 30.4 Å². The topological polar surface area (TPSA) is 81.1 Å². The molecule has 84 valence electrons. The van der Waals surface area contributed by atoms with Crippen LogP contribution in [0, 0.1) is 0 Å². The van der Waals surface area contributed by atoms with E-state index >= 15 is 0 Å². The first kappa shape index (κ1) is 10.5. The highest BCUT2D eigenvalue weighted by molar-refractivity contribution is 5.94. The largest absolute Gasteiger partial charge is 0.397 e. The highest BCUT2D eigenvalue weighted by Crippen LogP contribution is 2.23. The molecule has 0 heterocycles. The van der Waals surface area contributed by atoms with Crippen LogP contribution in [0.3, 0.4) is 0 Å². The number of carbonyl (C=O) groups excluding carboxylic acids is 1. The predicted octanol–water partition coefficient (Wildman–Crippen LogP) is 1.50. The minimum Gasteiger partial charge on any atom is -0.397 e. The lowest BCUT2D eigenvalue weighted by Crippen LogP contribution is -2.17. The second kappa shape index (κ2) is 4.26.